The van der Waals surface area contributed by atoms with Crippen molar-refractivity contribution in [2.24, 2.45) is 0 Å². The number of thioether (sulfide) groups is 1. The van der Waals surface area contributed by atoms with E-state index in [0.29, 0.717) is 16.8 Å². The Labute approximate surface area is 134 Å². The van der Waals surface area contributed by atoms with E-state index in [0.717, 1.165) is 8.47 Å². The van der Waals surface area contributed by atoms with E-state index in [-0.39, 0.29) is 11.8 Å². The van der Waals surface area contributed by atoms with Crippen molar-refractivity contribution in [2.45, 2.75) is 4.90 Å². The summed E-state index contributed by atoms with van der Waals surface area (Å²) in [4.78, 5) is 27.2. The van der Waals surface area contributed by atoms with Gasteiger partial charge in [0.05, 0.1) is 16.8 Å². The molecule has 5 heteroatoms. The number of halogens is 1. The molecular weight excluding hydrogens is 385 g/mol. The first kappa shape index (κ1) is 13.6. The van der Waals surface area contributed by atoms with E-state index in [1.165, 1.54) is 16.7 Å². The number of amides is 2. The highest BCUT2D eigenvalue weighted by atomic mass is 127. The molecule has 2 aromatic carbocycles. The minimum Gasteiger partial charge on any atom is -0.268 e. The lowest BCUT2D eigenvalue weighted by Gasteiger charge is -2.16. The van der Waals surface area contributed by atoms with Crippen LogP contribution in [0.3, 0.4) is 0 Å². The monoisotopic (exact) mass is 395 g/mol. The zero-order valence-electron chi connectivity index (χ0n) is 10.6. The minimum atomic E-state index is -0.247. The summed E-state index contributed by atoms with van der Waals surface area (Å²) in [5, 5.41) is 0. The lowest BCUT2D eigenvalue weighted by Crippen LogP contribution is -2.29. The molecule has 0 spiro atoms. The van der Waals surface area contributed by atoms with E-state index in [1.807, 2.05) is 30.5 Å². The molecule has 20 heavy (non-hydrogen) atoms. The minimum absolute atomic E-state index is 0.245. The van der Waals surface area contributed by atoms with Gasteiger partial charge in [-0.3, -0.25) is 9.59 Å². The molecule has 1 aliphatic rings. The molecule has 0 aromatic heterocycles. The number of hydrogen-bond acceptors (Lipinski definition) is 3. The predicted octanol–water partition coefficient (Wildman–Crippen LogP) is 3.81. The number of rotatable bonds is 2. The first-order valence-corrected chi connectivity index (χ1v) is 8.25. The fourth-order valence-electron chi connectivity index (χ4n) is 2.25. The molecule has 3 rings (SSSR count). The van der Waals surface area contributed by atoms with E-state index < -0.39 is 0 Å². The van der Waals surface area contributed by atoms with Crippen molar-refractivity contribution in [1.82, 2.24) is 0 Å². The van der Waals surface area contributed by atoms with Gasteiger partial charge in [-0.1, -0.05) is 12.1 Å². The van der Waals surface area contributed by atoms with Crippen LogP contribution >= 0.6 is 34.4 Å². The summed E-state index contributed by atoms with van der Waals surface area (Å²) < 4.78 is 0.947. The highest BCUT2D eigenvalue weighted by molar-refractivity contribution is 14.1. The molecule has 0 fully saturated rings. The van der Waals surface area contributed by atoms with Crippen LogP contribution in [0.15, 0.2) is 47.4 Å². The third kappa shape index (κ3) is 2.05. The van der Waals surface area contributed by atoms with Crippen LogP contribution in [0.4, 0.5) is 5.69 Å². The smallest absolute Gasteiger partial charge is 0.266 e. The second-order valence-corrected chi connectivity index (χ2v) is 6.40. The second-order valence-electron chi connectivity index (χ2n) is 4.31. The van der Waals surface area contributed by atoms with Crippen molar-refractivity contribution in [1.29, 1.82) is 0 Å². The van der Waals surface area contributed by atoms with Crippen LogP contribution < -0.4 is 4.90 Å². The number of nitrogens with zero attached hydrogens (tertiary/aromatic N) is 1. The SMILES string of the molecule is CSc1ccccc1N1C(=O)c2ccc(I)cc2C1=O. The van der Waals surface area contributed by atoms with Gasteiger partial charge >= 0.3 is 0 Å². The molecule has 0 atom stereocenters. The fourth-order valence-corrected chi connectivity index (χ4v) is 3.32. The Hall–Kier alpha value is -1.34. The summed E-state index contributed by atoms with van der Waals surface area (Å²) in [7, 11) is 0. The number of imide groups is 1. The molecule has 1 aliphatic heterocycles. The molecule has 1 heterocycles. The van der Waals surface area contributed by atoms with Gasteiger partial charge in [-0.15, -0.1) is 11.8 Å². The lowest BCUT2D eigenvalue weighted by atomic mass is 10.1. The summed E-state index contributed by atoms with van der Waals surface area (Å²) in [6.45, 7) is 0. The van der Waals surface area contributed by atoms with E-state index >= 15 is 0 Å². The highest BCUT2D eigenvalue weighted by Crippen LogP contribution is 2.34. The Bertz CT molecular complexity index is 730. The first-order chi connectivity index (χ1) is 9.63. The van der Waals surface area contributed by atoms with Gasteiger partial charge in [-0.2, -0.15) is 0 Å². The van der Waals surface area contributed by atoms with Crippen molar-refractivity contribution in [2.75, 3.05) is 11.2 Å². The largest absolute Gasteiger partial charge is 0.268 e. The van der Waals surface area contributed by atoms with Crippen molar-refractivity contribution in [3.63, 3.8) is 0 Å². The Kier molecular flexibility index (Phi) is 3.55. The van der Waals surface area contributed by atoms with E-state index in [1.54, 1.807) is 18.2 Å². The number of hydrogen-bond donors (Lipinski definition) is 0. The first-order valence-electron chi connectivity index (χ1n) is 5.95. The lowest BCUT2D eigenvalue weighted by molar-refractivity contribution is 0.0925. The number of fused-ring (bicyclic) bond motifs is 1. The summed E-state index contributed by atoms with van der Waals surface area (Å²) in [5.41, 5.74) is 1.62. The molecule has 0 radical (unpaired) electrons. The standard InChI is InChI=1S/C15H10INO2S/c1-20-13-5-3-2-4-12(13)17-14(18)10-7-6-9(16)8-11(10)15(17)19/h2-8H,1H3. The summed E-state index contributed by atoms with van der Waals surface area (Å²) >= 11 is 3.66. The maximum atomic E-state index is 12.5. The maximum Gasteiger partial charge on any atom is 0.266 e. The van der Waals surface area contributed by atoms with Gasteiger partial charge in [0.1, 0.15) is 0 Å². The van der Waals surface area contributed by atoms with Crippen molar-refractivity contribution in [3.05, 3.63) is 57.2 Å². The number of carbonyl (C=O) groups excluding carboxylic acids is 2. The summed E-state index contributed by atoms with van der Waals surface area (Å²) in [6, 6.07) is 12.8. The van der Waals surface area contributed by atoms with Crippen molar-refractivity contribution in [3.8, 4) is 0 Å². The number of anilines is 1. The van der Waals surface area contributed by atoms with Crippen LogP contribution in [0.25, 0.3) is 0 Å². The normalized spacial score (nSPS) is 13.8. The molecule has 0 saturated carbocycles. The summed E-state index contributed by atoms with van der Waals surface area (Å²) in [5.74, 6) is -0.493. The Morgan fingerprint density at radius 3 is 2.45 bits per heavy atom. The van der Waals surface area contributed by atoms with E-state index in [4.69, 9.17) is 0 Å². The van der Waals surface area contributed by atoms with Crippen LogP contribution in [0.5, 0.6) is 0 Å². The number of carbonyl (C=O) groups is 2. The van der Waals surface area contributed by atoms with Crippen molar-refractivity contribution < 1.29 is 9.59 Å². The highest BCUT2D eigenvalue weighted by Gasteiger charge is 2.37. The van der Waals surface area contributed by atoms with Gasteiger partial charge in [0.2, 0.25) is 0 Å². The maximum absolute atomic E-state index is 12.5. The van der Waals surface area contributed by atoms with E-state index in [2.05, 4.69) is 22.6 Å². The zero-order valence-corrected chi connectivity index (χ0v) is 13.6. The molecule has 0 saturated heterocycles. The van der Waals surface area contributed by atoms with Gasteiger partial charge in [0, 0.05) is 8.47 Å². The van der Waals surface area contributed by atoms with Crippen LogP contribution in [0, 0.1) is 3.57 Å². The van der Waals surface area contributed by atoms with Gasteiger partial charge in [0.25, 0.3) is 11.8 Å². The molecule has 2 aromatic rings. The fraction of sp³-hybridized carbons (Fsp3) is 0.0667. The molecule has 0 aliphatic carbocycles. The Morgan fingerprint density at radius 1 is 1.00 bits per heavy atom. The average molecular weight is 395 g/mol. The van der Waals surface area contributed by atoms with Crippen LogP contribution in [0.1, 0.15) is 20.7 Å². The number of para-hydroxylation sites is 1. The molecule has 0 bridgehead atoms. The third-order valence-electron chi connectivity index (χ3n) is 3.17. The molecular formula is C15H10INO2S. The molecule has 2 amide bonds. The molecule has 100 valence electrons. The van der Waals surface area contributed by atoms with Gasteiger partial charge in [-0.25, -0.2) is 4.90 Å². The molecule has 0 unspecified atom stereocenters. The third-order valence-corrected chi connectivity index (χ3v) is 4.63. The molecule has 0 N–H and O–H groups in total. The quantitative estimate of drug-likeness (QED) is 0.441. The van der Waals surface area contributed by atoms with Gasteiger partial charge < -0.3 is 0 Å². The van der Waals surface area contributed by atoms with Crippen molar-refractivity contribution >= 4 is 51.9 Å². The van der Waals surface area contributed by atoms with Crippen LogP contribution in [-0.2, 0) is 0 Å². The van der Waals surface area contributed by atoms with Gasteiger partial charge in [0.15, 0.2) is 0 Å². The summed E-state index contributed by atoms with van der Waals surface area (Å²) in [6.07, 6.45) is 1.93. The van der Waals surface area contributed by atoms with E-state index in [9.17, 15) is 9.59 Å². The average Bonchev–Trinajstić information content (AvgIpc) is 2.70. The topological polar surface area (TPSA) is 37.4 Å². The Balaban J connectivity index is 2.14. The second kappa shape index (κ2) is 5.21. The predicted molar refractivity (Wildman–Crippen MR) is 88.5 cm³/mol. The van der Waals surface area contributed by atoms with Gasteiger partial charge in [-0.05, 0) is 59.2 Å². The molecule has 3 nitrogen and oxygen atoms in total. The van der Waals surface area contributed by atoms with Crippen LogP contribution in [0.2, 0.25) is 0 Å². The Morgan fingerprint density at radius 2 is 1.70 bits per heavy atom. The number of benzene rings is 2. The van der Waals surface area contributed by atoms with Crippen LogP contribution in [-0.4, -0.2) is 18.1 Å². The zero-order chi connectivity index (χ0) is 14.3.